The minimum Gasteiger partial charge on any atom is -0.430 e. The number of carbonyl (C=O) groups is 1. The van der Waals surface area contributed by atoms with E-state index in [-0.39, 0.29) is 13.2 Å². The van der Waals surface area contributed by atoms with E-state index in [1.54, 1.807) is 0 Å². The molecule has 130 valence electrons. The van der Waals surface area contributed by atoms with Crippen molar-refractivity contribution in [2.24, 2.45) is 0 Å². The van der Waals surface area contributed by atoms with Crippen LogP contribution in [0.25, 0.3) is 0 Å². The van der Waals surface area contributed by atoms with Crippen LogP contribution in [0.5, 0.6) is 0 Å². The number of hydrogen-bond acceptors (Lipinski definition) is 6. The fourth-order valence-electron chi connectivity index (χ4n) is 1.18. The summed E-state index contributed by atoms with van der Waals surface area (Å²) in [7, 11) is 0. The molecule has 0 aromatic rings. The smallest absolute Gasteiger partial charge is 0.430 e. The number of ether oxygens (including phenoxy) is 5. The summed E-state index contributed by atoms with van der Waals surface area (Å²) in [5, 5.41) is 0. The van der Waals surface area contributed by atoms with E-state index in [0.717, 1.165) is 0 Å². The Hall–Kier alpha value is -1.34. The molecule has 0 radical (unpaired) electrons. The second-order valence-electron chi connectivity index (χ2n) is 3.81. The van der Waals surface area contributed by atoms with Crippen molar-refractivity contribution in [1.82, 2.24) is 0 Å². The van der Waals surface area contributed by atoms with Gasteiger partial charge in [0, 0.05) is 0 Å². The second-order valence-corrected chi connectivity index (χ2v) is 3.81. The summed E-state index contributed by atoms with van der Waals surface area (Å²) in [6, 6.07) is 0. The van der Waals surface area contributed by atoms with Gasteiger partial charge in [0.25, 0.3) is 0 Å². The lowest BCUT2D eigenvalue weighted by Crippen LogP contribution is -2.48. The van der Waals surface area contributed by atoms with Crippen LogP contribution in [0.1, 0.15) is 0 Å². The topological polar surface area (TPSA) is 63.2 Å². The quantitative estimate of drug-likeness (QED) is 0.382. The number of rotatable bonds is 8. The maximum Gasteiger partial charge on any atom is 0.527 e. The number of halogens is 7. The summed E-state index contributed by atoms with van der Waals surface area (Å²) >= 11 is 0. The Kier molecular flexibility index (Phi) is 5.81. The zero-order chi connectivity index (χ0) is 17.0. The fraction of sp³-hybridized carbons (Fsp3) is 0.889. The largest absolute Gasteiger partial charge is 0.527 e. The van der Waals surface area contributed by atoms with E-state index >= 15 is 0 Å². The first-order chi connectivity index (χ1) is 9.93. The van der Waals surface area contributed by atoms with Gasteiger partial charge in [-0.15, -0.1) is 13.2 Å². The Morgan fingerprint density at radius 1 is 1.05 bits per heavy atom. The summed E-state index contributed by atoms with van der Waals surface area (Å²) in [5.41, 5.74) is 0. The Labute approximate surface area is 118 Å². The summed E-state index contributed by atoms with van der Waals surface area (Å²) in [4.78, 5) is 10.5. The highest BCUT2D eigenvalue weighted by molar-refractivity contribution is 5.61. The lowest BCUT2D eigenvalue weighted by molar-refractivity contribution is -0.504. The van der Waals surface area contributed by atoms with Crippen LogP contribution in [0.3, 0.4) is 0 Å². The van der Waals surface area contributed by atoms with E-state index in [9.17, 15) is 35.5 Å². The Morgan fingerprint density at radius 3 is 2.18 bits per heavy atom. The molecule has 1 unspecified atom stereocenters. The van der Waals surface area contributed by atoms with Gasteiger partial charge in [0.15, 0.2) is 6.10 Å². The normalized spacial score (nSPS) is 20.0. The Balaban J connectivity index is 2.28. The van der Waals surface area contributed by atoms with Crippen LogP contribution >= 0.6 is 0 Å². The summed E-state index contributed by atoms with van der Waals surface area (Å²) in [6.45, 7) is -2.28. The highest BCUT2D eigenvalue weighted by atomic mass is 19.4. The van der Waals surface area contributed by atoms with E-state index in [1.165, 1.54) is 0 Å². The van der Waals surface area contributed by atoms with Crippen molar-refractivity contribution < 1.29 is 59.2 Å². The first kappa shape index (κ1) is 18.7. The van der Waals surface area contributed by atoms with Gasteiger partial charge in [-0.3, -0.25) is 0 Å². The van der Waals surface area contributed by atoms with Gasteiger partial charge in [0.05, 0.1) is 19.8 Å². The van der Waals surface area contributed by atoms with Crippen molar-refractivity contribution in [3.63, 3.8) is 0 Å². The molecular weight excluding hydrogens is 337 g/mol. The van der Waals surface area contributed by atoms with Gasteiger partial charge in [-0.1, -0.05) is 0 Å². The summed E-state index contributed by atoms with van der Waals surface area (Å²) < 4.78 is 104. The molecule has 13 heteroatoms. The summed E-state index contributed by atoms with van der Waals surface area (Å²) in [5.74, 6) is 0. The van der Waals surface area contributed by atoms with Crippen LogP contribution < -0.4 is 0 Å². The molecule has 1 atom stereocenters. The minimum absolute atomic E-state index is 0.145. The SMILES string of the molecule is O=C1OCC(COCCOC(F)(F)C(F)(F)OC(F)(F)F)O1. The first-order valence-electron chi connectivity index (χ1n) is 5.50. The predicted molar refractivity (Wildman–Crippen MR) is 50.0 cm³/mol. The third kappa shape index (κ3) is 5.81. The van der Waals surface area contributed by atoms with Crippen LogP contribution in [-0.4, -0.2) is 57.3 Å². The molecular formula is C9H9F7O6. The molecule has 0 aliphatic carbocycles. The van der Waals surface area contributed by atoms with Gasteiger partial charge in [-0.2, -0.15) is 17.6 Å². The van der Waals surface area contributed by atoms with Crippen LogP contribution in [-0.2, 0) is 23.7 Å². The van der Waals surface area contributed by atoms with Crippen molar-refractivity contribution in [3.05, 3.63) is 0 Å². The zero-order valence-corrected chi connectivity index (χ0v) is 10.5. The molecule has 0 N–H and O–H groups in total. The van der Waals surface area contributed by atoms with Crippen molar-refractivity contribution in [1.29, 1.82) is 0 Å². The van der Waals surface area contributed by atoms with Crippen LogP contribution in [0.4, 0.5) is 35.5 Å². The van der Waals surface area contributed by atoms with Gasteiger partial charge in [-0.05, 0) is 0 Å². The average molecular weight is 346 g/mol. The number of hydrogen-bond donors (Lipinski definition) is 0. The maximum absolute atomic E-state index is 12.8. The predicted octanol–water partition coefficient (Wildman–Crippen LogP) is 2.28. The highest BCUT2D eigenvalue weighted by Crippen LogP contribution is 2.40. The number of alkyl halides is 7. The third-order valence-corrected chi connectivity index (χ3v) is 2.05. The maximum atomic E-state index is 12.8. The van der Waals surface area contributed by atoms with E-state index in [2.05, 4.69) is 18.9 Å². The fourth-order valence-corrected chi connectivity index (χ4v) is 1.18. The van der Waals surface area contributed by atoms with Crippen molar-refractivity contribution >= 4 is 6.16 Å². The molecule has 1 rings (SSSR count). The summed E-state index contributed by atoms with van der Waals surface area (Å²) in [6.07, 6.45) is -19.2. The van der Waals surface area contributed by atoms with Crippen LogP contribution in [0, 0.1) is 0 Å². The molecule has 1 aliphatic rings. The van der Waals surface area contributed by atoms with E-state index in [1.807, 2.05) is 4.74 Å². The van der Waals surface area contributed by atoms with Gasteiger partial charge < -0.3 is 18.9 Å². The molecule has 22 heavy (non-hydrogen) atoms. The third-order valence-electron chi connectivity index (χ3n) is 2.05. The zero-order valence-electron chi connectivity index (χ0n) is 10.5. The lowest BCUT2D eigenvalue weighted by atomic mass is 10.4. The molecule has 6 nitrogen and oxygen atoms in total. The average Bonchev–Trinajstić information content (AvgIpc) is 2.71. The Morgan fingerprint density at radius 2 is 1.68 bits per heavy atom. The molecule has 0 bridgehead atoms. The van der Waals surface area contributed by atoms with E-state index in [4.69, 9.17) is 0 Å². The molecule has 0 saturated carbocycles. The monoisotopic (exact) mass is 346 g/mol. The van der Waals surface area contributed by atoms with Crippen molar-refractivity contribution in [3.8, 4) is 0 Å². The standard InChI is InChI=1S/C9H9F7O6/c10-7(11,8(12,13)22-9(14,15)16)20-2-1-18-3-5-4-19-6(17)21-5/h5H,1-4H2. The van der Waals surface area contributed by atoms with Crippen molar-refractivity contribution in [2.75, 3.05) is 26.4 Å². The molecule has 0 spiro atoms. The van der Waals surface area contributed by atoms with Gasteiger partial charge in [0.1, 0.15) is 6.61 Å². The van der Waals surface area contributed by atoms with Gasteiger partial charge in [-0.25, -0.2) is 9.53 Å². The number of carbonyl (C=O) groups excluding carboxylic acids is 1. The molecule has 1 heterocycles. The molecule has 0 aromatic carbocycles. The molecule has 1 fully saturated rings. The second kappa shape index (κ2) is 6.83. The lowest BCUT2D eigenvalue weighted by Gasteiger charge is -2.26. The highest BCUT2D eigenvalue weighted by Gasteiger charge is 2.64. The van der Waals surface area contributed by atoms with E-state index in [0.29, 0.717) is 0 Å². The molecule has 0 aromatic heterocycles. The van der Waals surface area contributed by atoms with E-state index < -0.39 is 44.1 Å². The van der Waals surface area contributed by atoms with Crippen LogP contribution in [0.2, 0.25) is 0 Å². The van der Waals surface area contributed by atoms with Crippen LogP contribution in [0.15, 0.2) is 0 Å². The molecule has 1 aliphatic heterocycles. The number of cyclic esters (lactones) is 2. The minimum atomic E-state index is -5.97. The van der Waals surface area contributed by atoms with Gasteiger partial charge in [0.2, 0.25) is 0 Å². The van der Waals surface area contributed by atoms with Gasteiger partial charge >= 0.3 is 24.7 Å². The first-order valence-corrected chi connectivity index (χ1v) is 5.50. The molecule has 1 saturated heterocycles. The Bertz CT molecular complexity index is 385. The molecule has 0 amide bonds. The van der Waals surface area contributed by atoms with Crippen molar-refractivity contribution in [2.45, 2.75) is 24.7 Å².